The van der Waals surface area contributed by atoms with Gasteiger partial charge in [0.25, 0.3) is 0 Å². The lowest BCUT2D eigenvalue weighted by molar-refractivity contribution is -0.117. The highest BCUT2D eigenvalue weighted by molar-refractivity contribution is 6.30. The Morgan fingerprint density at radius 2 is 2.05 bits per heavy atom. The van der Waals surface area contributed by atoms with Gasteiger partial charge in [0.05, 0.1) is 0 Å². The Hall–Kier alpha value is -1.72. The third kappa shape index (κ3) is 2.89. The minimum Gasteiger partial charge on any atom is -0.294 e. The Morgan fingerprint density at radius 3 is 2.80 bits per heavy atom. The van der Waals surface area contributed by atoms with Gasteiger partial charge in [0.2, 0.25) is 11.9 Å². The normalized spacial score (nSPS) is 20.5. The zero-order valence-corrected chi connectivity index (χ0v) is 11.8. The van der Waals surface area contributed by atoms with Crippen molar-refractivity contribution in [1.29, 1.82) is 0 Å². The number of halogens is 2. The summed E-state index contributed by atoms with van der Waals surface area (Å²) in [6, 6.07) is 5.05. The Kier molecular flexibility index (Phi) is 3.54. The fourth-order valence-corrected chi connectivity index (χ4v) is 2.34. The van der Waals surface area contributed by atoms with Gasteiger partial charge in [0, 0.05) is 34.9 Å². The van der Waals surface area contributed by atoms with Crippen LogP contribution in [0.1, 0.15) is 18.0 Å². The molecule has 0 aromatic carbocycles. The average molecular weight is 309 g/mol. The molecule has 5 nitrogen and oxygen atoms in total. The number of nitrogens with one attached hydrogen (secondary N) is 1. The summed E-state index contributed by atoms with van der Waals surface area (Å²) in [5, 5.41) is 3.57. The third-order valence-electron chi connectivity index (χ3n) is 3.11. The highest BCUT2D eigenvalue weighted by atomic mass is 35.5. The molecule has 1 amide bonds. The largest absolute Gasteiger partial charge is 0.294 e. The summed E-state index contributed by atoms with van der Waals surface area (Å²) < 4.78 is 0. The Morgan fingerprint density at radius 1 is 1.25 bits per heavy atom. The van der Waals surface area contributed by atoms with Crippen molar-refractivity contribution in [3.8, 4) is 0 Å². The van der Waals surface area contributed by atoms with Crippen LogP contribution in [0.25, 0.3) is 0 Å². The number of carbonyl (C=O) groups is 1. The maximum atomic E-state index is 12.1. The summed E-state index contributed by atoms with van der Waals surface area (Å²) >= 11 is 11.7. The van der Waals surface area contributed by atoms with Gasteiger partial charge in [-0.25, -0.2) is 9.97 Å². The van der Waals surface area contributed by atoms with Gasteiger partial charge >= 0.3 is 0 Å². The molecule has 0 bridgehead atoms. The summed E-state index contributed by atoms with van der Waals surface area (Å²) in [4.78, 5) is 24.2. The van der Waals surface area contributed by atoms with Gasteiger partial charge in [-0.05, 0) is 24.6 Å². The van der Waals surface area contributed by atoms with Crippen LogP contribution in [0, 0.1) is 5.92 Å². The van der Waals surface area contributed by atoms with Crippen molar-refractivity contribution in [2.75, 3.05) is 5.32 Å². The van der Waals surface area contributed by atoms with E-state index in [9.17, 15) is 4.79 Å². The summed E-state index contributed by atoms with van der Waals surface area (Å²) in [7, 11) is 0. The molecule has 2 aromatic rings. The van der Waals surface area contributed by atoms with Gasteiger partial charge in [0.15, 0.2) is 0 Å². The van der Waals surface area contributed by atoms with Gasteiger partial charge in [-0.2, -0.15) is 0 Å². The van der Waals surface area contributed by atoms with Gasteiger partial charge < -0.3 is 0 Å². The fraction of sp³-hybridized carbons (Fsp3) is 0.231. The van der Waals surface area contributed by atoms with E-state index in [2.05, 4.69) is 20.3 Å². The molecule has 3 rings (SSSR count). The van der Waals surface area contributed by atoms with Crippen molar-refractivity contribution < 1.29 is 4.79 Å². The Labute approximate surface area is 125 Å². The minimum absolute atomic E-state index is 0.105. The SMILES string of the molecule is O=C(Nc1nccc(Cl)n1)[C@H]1C[C@@H]1c1cc(Cl)ccn1. The van der Waals surface area contributed by atoms with Crippen molar-refractivity contribution in [3.05, 3.63) is 46.5 Å². The molecule has 102 valence electrons. The lowest BCUT2D eigenvalue weighted by Gasteiger charge is -2.03. The smallest absolute Gasteiger partial charge is 0.230 e. The van der Waals surface area contributed by atoms with E-state index >= 15 is 0 Å². The monoisotopic (exact) mass is 308 g/mol. The first-order valence-electron chi connectivity index (χ1n) is 6.04. The molecule has 0 saturated heterocycles. The molecule has 0 spiro atoms. The van der Waals surface area contributed by atoms with Gasteiger partial charge in [-0.1, -0.05) is 23.2 Å². The molecule has 0 unspecified atom stereocenters. The second kappa shape index (κ2) is 5.34. The number of amides is 1. The van der Waals surface area contributed by atoms with E-state index in [4.69, 9.17) is 23.2 Å². The predicted octanol–water partition coefficient (Wildman–Crippen LogP) is 2.92. The number of aromatic nitrogens is 3. The third-order valence-corrected chi connectivity index (χ3v) is 3.55. The van der Waals surface area contributed by atoms with E-state index in [0.29, 0.717) is 10.2 Å². The first kappa shape index (κ1) is 13.3. The standard InChI is InChI=1S/C13H10Cl2N4O/c14-7-1-3-16-10(5-7)8-6-9(8)12(20)19-13-17-4-2-11(15)18-13/h1-5,8-9H,6H2,(H,17,18,19,20)/t8-,9-/m0/s1. The molecule has 2 heterocycles. The first-order chi connectivity index (χ1) is 9.63. The van der Waals surface area contributed by atoms with Crippen molar-refractivity contribution >= 4 is 35.1 Å². The number of hydrogen-bond acceptors (Lipinski definition) is 4. The quantitative estimate of drug-likeness (QED) is 0.885. The van der Waals surface area contributed by atoms with E-state index in [-0.39, 0.29) is 23.7 Å². The second-order valence-corrected chi connectivity index (χ2v) is 5.36. The van der Waals surface area contributed by atoms with Crippen LogP contribution in [-0.4, -0.2) is 20.9 Å². The van der Waals surface area contributed by atoms with Crippen LogP contribution in [0.15, 0.2) is 30.6 Å². The van der Waals surface area contributed by atoms with Crippen LogP contribution in [-0.2, 0) is 4.79 Å². The average Bonchev–Trinajstić information content (AvgIpc) is 3.19. The first-order valence-corrected chi connectivity index (χ1v) is 6.80. The van der Waals surface area contributed by atoms with Gasteiger partial charge in [0.1, 0.15) is 5.15 Å². The van der Waals surface area contributed by atoms with Gasteiger partial charge in [-0.3, -0.25) is 15.1 Å². The van der Waals surface area contributed by atoms with Gasteiger partial charge in [-0.15, -0.1) is 0 Å². The zero-order chi connectivity index (χ0) is 14.1. The number of carbonyl (C=O) groups excluding carboxylic acids is 1. The van der Waals surface area contributed by atoms with Crippen molar-refractivity contribution in [2.45, 2.75) is 12.3 Å². The molecule has 7 heteroatoms. The van der Waals surface area contributed by atoms with Crippen LogP contribution < -0.4 is 5.32 Å². The summed E-state index contributed by atoms with van der Waals surface area (Å²) in [5.41, 5.74) is 0.838. The maximum absolute atomic E-state index is 12.1. The zero-order valence-electron chi connectivity index (χ0n) is 10.3. The number of pyridine rings is 1. The molecule has 1 aliphatic rings. The van der Waals surface area contributed by atoms with Crippen LogP contribution >= 0.6 is 23.2 Å². The molecule has 20 heavy (non-hydrogen) atoms. The number of hydrogen-bond donors (Lipinski definition) is 1. The number of anilines is 1. The van der Waals surface area contributed by atoms with E-state index < -0.39 is 0 Å². The number of rotatable bonds is 3. The van der Waals surface area contributed by atoms with Crippen molar-refractivity contribution in [2.24, 2.45) is 5.92 Å². The molecule has 2 aromatic heterocycles. The van der Waals surface area contributed by atoms with E-state index in [1.54, 1.807) is 24.4 Å². The molecular formula is C13H10Cl2N4O. The van der Waals surface area contributed by atoms with Crippen molar-refractivity contribution in [1.82, 2.24) is 15.0 Å². The highest BCUT2D eigenvalue weighted by Crippen LogP contribution is 2.47. The second-order valence-electron chi connectivity index (χ2n) is 4.54. The molecule has 1 N–H and O–H groups in total. The molecule has 2 atom stereocenters. The highest BCUT2D eigenvalue weighted by Gasteiger charge is 2.45. The summed E-state index contributed by atoms with van der Waals surface area (Å²) in [6.45, 7) is 0. The maximum Gasteiger partial charge on any atom is 0.230 e. The van der Waals surface area contributed by atoms with Crippen LogP contribution in [0.5, 0.6) is 0 Å². The topological polar surface area (TPSA) is 67.8 Å². The molecule has 0 aliphatic heterocycles. The molecule has 1 fully saturated rings. The van der Waals surface area contributed by atoms with E-state index in [1.807, 2.05) is 0 Å². The van der Waals surface area contributed by atoms with E-state index in [1.165, 1.54) is 6.20 Å². The molecular weight excluding hydrogens is 299 g/mol. The van der Waals surface area contributed by atoms with Crippen molar-refractivity contribution in [3.63, 3.8) is 0 Å². The van der Waals surface area contributed by atoms with E-state index in [0.717, 1.165) is 12.1 Å². The molecule has 0 radical (unpaired) electrons. The minimum atomic E-state index is -0.126. The summed E-state index contributed by atoms with van der Waals surface area (Å²) in [5.74, 6) is 0.0719. The molecule has 1 saturated carbocycles. The van der Waals surface area contributed by atoms with Crippen LogP contribution in [0.4, 0.5) is 5.95 Å². The fourth-order valence-electron chi connectivity index (χ4n) is 2.04. The molecule has 1 aliphatic carbocycles. The lowest BCUT2D eigenvalue weighted by atomic mass is 10.2. The summed E-state index contributed by atoms with van der Waals surface area (Å²) in [6.07, 6.45) is 3.89. The Balaban J connectivity index is 1.66. The lowest BCUT2D eigenvalue weighted by Crippen LogP contribution is -2.16. The predicted molar refractivity (Wildman–Crippen MR) is 75.8 cm³/mol. The Bertz CT molecular complexity index is 664. The van der Waals surface area contributed by atoms with Crippen LogP contribution in [0.3, 0.4) is 0 Å². The van der Waals surface area contributed by atoms with Crippen LogP contribution in [0.2, 0.25) is 10.2 Å². The number of nitrogens with zero attached hydrogens (tertiary/aromatic N) is 3.